The van der Waals surface area contributed by atoms with Crippen molar-refractivity contribution in [1.29, 1.82) is 10.5 Å². The molecule has 10 heteroatoms. The average molecular weight is 723 g/mol. The van der Waals surface area contributed by atoms with Gasteiger partial charge in [0.05, 0.1) is 59.4 Å². The molecule has 10 nitrogen and oxygen atoms in total. The summed E-state index contributed by atoms with van der Waals surface area (Å²) in [6.07, 6.45) is 15.3. The van der Waals surface area contributed by atoms with Crippen LogP contribution < -0.4 is 0 Å². The zero-order valence-electron chi connectivity index (χ0n) is 29.9. The van der Waals surface area contributed by atoms with Gasteiger partial charge in [-0.3, -0.25) is 29.1 Å². The van der Waals surface area contributed by atoms with Crippen molar-refractivity contribution in [3.05, 3.63) is 170 Å². The molecule has 0 radical (unpaired) electrons. The minimum absolute atomic E-state index is 0.410. The molecule has 0 spiro atoms. The van der Waals surface area contributed by atoms with Crippen molar-refractivity contribution in [1.82, 2.24) is 39.0 Å². The summed E-state index contributed by atoms with van der Waals surface area (Å²) in [4.78, 5) is 26.4. The summed E-state index contributed by atoms with van der Waals surface area (Å²) in [5, 5.41) is 19.8. The molecule has 0 N–H and O–H groups in total. The predicted molar refractivity (Wildman–Crippen MR) is 218 cm³/mol. The minimum atomic E-state index is 0.410. The highest BCUT2D eigenvalue weighted by Gasteiger charge is 2.13. The SMILES string of the molecule is N#CCc1ccc(-n2cnc3cnc4ccc(-c5ccncc5)cc4c32)cc1.N#CCc1ccc(-n2cnc3cnc4ccc(-c5ccncc5)cc4c32)cc1. The van der Waals surface area contributed by atoms with Crippen LogP contribution in [0.2, 0.25) is 0 Å². The number of pyridine rings is 4. The Bertz CT molecular complexity index is 2870. The van der Waals surface area contributed by atoms with E-state index in [2.05, 4.69) is 75.4 Å². The summed E-state index contributed by atoms with van der Waals surface area (Å²) in [5.74, 6) is 0. The Kier molecular flexibility index (Phi) is 8.88. The van der Waals surface area contributed by atoms with Crippen molar-refractivity contribution in [2.75, 3.05) is 0 Å². The van der Waals surface area contributed by atoms with Gasteiger partial charge in [-0.25, -0.2) is 9.97 Å². The van der Waals surface area contributed by atoms with Gasteiger partial charge in [-0.1, -0.05) is 36.4 Å². The van der Waals surface area contributed by atoms with Crippen molar-refractivity contribution < 1.29 is 0 Å². The van der Waals surface area contributed by atoms with E-state index in [0.29, 0.717) is 12.8 Å². The number of imidazole rings is 2. The lowest BCUT2D eigenvalue weighted by atomic mass is 10.0. The Hall–Kier alpha value is -8.08. The number of nitrogens with zero attached hydrogens (tertiary/aromatic N) is 10. The molecule has 0 aliphatic carbocycles. The molecule has 6 heterocycles. The largest absolute Gasteiger partial charge is 0.298 e. The van der Waals surface area contributed by atoms with Crippen LogP contribution in [0.15, 0.2) is 159 Å². The van der Waals surface area contributed by atoms with Crippen LogP contribution in [0.3, 0.4) is 0 Å². The maximum absolute atomic E-state index is 8.88. The first-order valence-electron chi connectivity index (χ1n) is 17.9. The zero-order chi connectivity index (χ0) is 37.8. The fraction of sp³-hybridized carbons (Fsp3) is 0.0435. The van der Waals surface area contributed by atoms with Crippen molar-refractivity contribution in [3.63, 3.8) is 0 Å². The molecule has 264 valence electrons. The maximum atomic E-state index is 8.88. The molecule has 0 unspecified atom stereocenters. The lowest BCUT2D eigenvalue weighted by Gasteiger charge is -2.09. The van der Waals surface area contributed by atoms with Crippen molar-refractivity contribution in [2.45, 2.75) is 12.8 Å². The van der Waals surface area contributed by atoms with Gasteiger partial charge in [0, 0.05) is 46.9 Å². The molecule has 0 saturated carbocycles. The zero-order valence-corrected chi connectivity index (χ0v) is 29.9. The first-order valence-corrected chi connectivity index (χ1v) is 17.9. The van der Waals surface area contributed by atoms with Gasteiger partial charge < -0.3 is 0 Å². The summed E-state index contributed by atoms with van der Waals surface area (Å²) in [5.41, 5.74) is 14.1. The van der Waals surface area contributed by atoms with Gasteiger partial charge in [-0.2, -0.15) is 10.5 Å². The lowest BCUT2D eigenvalue weighted by molar-refractivity contribution is 1.09. The second-order valence-corrected chi connectivity index (χ2v) is 13.2. The van der Waals surface area contributed by atoms with E-state index in [1.807, 2.05) is 110 Å². The third kappa shape index (κ3) is 6.44. The number of hydrogen-bond acceptors (Lipinski definition) is 8. The highest BCUT2D eigenvalue weighted by molar-refractivity contribution is 6.05. The number of rotatable bonds is 6. The van der Waals surface area contributed by atoms with Gasteiger partial charge in [0.25, 0.3) is 0 Å². The van der Waals surface area contributed by atoms with Crippen molar-refractivity contribution in [2.24, 2.45) is 0 Å². The quantitative estimate of drug-likeness (QED) is 0.166. The van der Waals surface area contributed by atoms with Crippen LogP contribution in [0, 0.1) is 22.7 Å². The van der Waals surface area contributed by atoms with Crippen molar-refractivity contribution in [3.8, 4) is 45.8 Å². The maximum Gasteiger partial charge on any atom is 0.108 e. The monoisotopic (exact) mass is 722 g/mol. The third-order valence-corrected chi connectivity index (χ3v) is 9.77. The molecule has 0 aliphatic rings. The third-order valence-electron chi connectivity index (χ3n) is 9.77. The van der Waals surface area contributed by atoms with E-state index in [1.54, 1.807) is 24.8 Å². The fourth-order valence-electron chi connectivity index (χ4n) is 6.96. The molecule has 4 aromatic carbocycles. The van der Waals surface area contributed by atoms with Gasteiger partial charge in [0.2, 0.25) is 0 Å². The number of hydrogen-bond donors (Lipinski definition) is 0. The summed E-state index contributed by atoms with van der Waals surface area (Å²) >= 11 is 0. The Morgan fingerprint density at radius 3 is 1.23 bits per heavy atom. The molecule has 56 heavy (non-hydrogen) atoms. The second-order valence-electron chi connectivity index (χ2n) is 13.2. The van der Waals surface area contributed by atoms with E-state index >= 15 is 0 Å². The standard InChI is InChI=1S/2C23H15N5/c2*24-10-7-16-1-4-19(5-2-16)28-15-27-22-14-26-21-6-3-18(13-20(21)23(22)28)17-8-11-25-12-9-17/h2*1-6,8-9,11-15H,7H2. The van der Waals surface area contributed by atoms with Crippen LogP contribution in [-0.4, -0.2) is 39.0 Å². The first kappa shape index (κ1) is 33.7. The van der Waals surface area contributed by atoms with Gasteiger partial charge in [0.1, 0.15) is 23.7 Å². The number of benzene rings is 4. The topological polar surface area (TPSA) is 135 Å². The van der Waals surface area contributed by atoms with Crippen LogP contribution in [0.1, 0.15) is 11.1 Å². The summed E-state index contributed by atoms with van der Waals surface area (Å²) in [6, 6.07) is 40.9. The molecule has 0 aliphatic heterocycles. The van der Waals surface area contributed by atoms with E-state index in [4.69, 9.17) is 10.5 Å². The van der Waals surface area contributed by atoms with Crippen LogP contribution in [0.25, 0.3) is 77.5 Å². The Morgan fingerprint density at radius 2 is 0.839 bits per heavy atom. The van der Waals surface area contributed by atoms with Gasteiger partial charge in [-0.05, 0) is 106 Å². The summed E-state index contributed by atoms with van der Waals surface area (Å²) < 4.78 is 4.15. The smallest absolute Gasteiger partial charge is 0.108 e. The molecule has 0 atom stereocenters. The molecule has 0 amide bonds. The van der Waals surface area contributed by atoms with E-state index in [-0.39, 0.29) is 0 Å². The summed E-state index contributed by atoms with van der Waals surface area (Å²) in [6.45, 7) is 0. The summed E-state index contributed by atoms with van der Waals surface area (Å²) in [7, 11) is 0. The number of fused-ring (bicyclic) bond motifs is 6. The molecule has 6 aromatic heterocycles. The van der Waals surface area contributed by atoms with E-state index < -0.39 is 0 Å². The molecule has 0 fully saturated rings. The fourth-order valence-corrected chi connectivity index (χ4v) is 6.96. The first-order chi connectivity index (χ1) is 27.7. The van der Waals surface area contributed by atoms with Gasteiger partial charge >= 0.3 is 0 Å². The van der Waals surface area contributed by atoms with Crippen molar-refractivity contribution >= 4 is 43.9 Å². The molecule has 0 bridgehead atoms. The van der Waals surface area contributed by atoms with Crippen LogP contribution in [0.4, 0.5) is 0 Å². The number of nitriles is 2. The van der Waals surface area contributed by atoms with E-state index in [0.717, 1.165) is 88.6 Å². The second kappa shape index (κ2) is 14.7. The van der Waals surface area contributed by atoms with Gasteiger partial charge in [0.15, 0.2) is 0 Å². The highest BCUT2D eigenvalue weighted by Crippen LogP contribution is 2.31. The van der Waals surface area contributed by atoms with Crippen LogP contribution >= 0.6 is 0 Å². The average Bonchev–Trinajstić information content (AvgIpc) is 3.91. The molecule has 10 aromatic rings. The lowest BCUT2D eigenvalue weighted by Crippen LogP contribution is -1.94. The Labute approximate surface area is 321 Å². The molecular weight excluding hydrogens is 693 g/mol. The van der Waals surface area contributed by atoms with E-state index in [9.17, 15) is 0 Å². The highest BCUT2D eigenvalue weighted by atomic mass is 15.1. The Morgan fingerprint density at radius 1 is 0.429 bits per heavy atom. The molecular formula is C46H30N10. The Balaban J connectivity index is 0.000000146. The van der Waals surface area contributed by atoms with Crippen LogP contribution in [-0.2, 0) is 12.8 Å². The predicted octanol–water partition coefficient (Wildman–Crippen LogP) is 9.40. The van der Waals surface area contributed by atoms with Gasteiger partial charge in [-0.15, -0.1) is 0 Å². The number of aromatic nitrogens is 8. The normalized spacial score (nSPS) is 11.0. The molecule has 10 rings (SSSR count). The molecule has 0 saturated heterocycles. The van der Waals surface area contributed by atoms with Crippen LogP contribution in [0.5, 0.6) is 0 Å². The van der Waals surface area contributed by atoms with E-state index in [1.165, 1.54) is 0 Å². The minimum Gasteiger partial charge on any atom is -0.298 e.